The molecule has 0 spiro atoms. The average molecular weight is 346 g/mol. The van der Waals surface area contributed by atoms with Crippen molar-refractivity contribution in [3.63, 3.8) is 0 Å². The summed E-state index contributed by atoms with van der Waals surface area (Å²) in [6.07, 6.45) is 3.00. The summed E-state index contributed by atoms with van der Waals surface area (Å²) in [7, 11) is 0. The second-order valence-corrected chi connectivity index (χ2v) is 6.94. The first kappa shape index (κ1) is 17.7. The topological polar surface area (TPSA) is 78.9 Å². The van der Waals surface area contributed by atoms with Crippen molar-refractivity contribution in [2.24, 2.45) is 5.92 Å². The van der Waals surface area contributed by atoms with Crippen LogP contribution >= 0.6 is 0 Å². The molecule has 1 aromatic rings. The SMILES string of the molecule is O=C(N[C@H](C(=O)N1CCCC1)[C@@H]1CC[C@@H](O)C1)OCc1ccccc1. The number of carbonyl (C=O) groups is 2. The summed E-state index contributed by atoms with van der Waals surface area (Å²) >= 11 is 0. The number of alkyl carbamates (subject to hydrolysis) is 1. The van der Waals surface area contributed by atoms with Crippen molar-refractivity contribution in [2.45, 2.75) is 50.9 Å². The molecule has 6 nitrogen and oxygen atoms in total. The largest absolute Gasteiger partial charge is 0.445 e. The summed E-state index contributed by atoms with van der Waals surface area (Å²) < 4.78 is 5.27. The summed E-state index contributed by atoms with van der Waals surface area (Å²) in [4.78, 5) is 26.9. The maximum atomic E-state index is 12.8. The van der Waals surface area contributed by atoms with E-state index in [2.05, 4.69) is 5.32 Å². The molecule has 1 aliphatic heterocycles. The van der Waals surface area contributed by atoms with Crippen LogP contribution in [-0.2, 0) is 16.1 Å². The molecule has 0 bridgehead atoms. The second-order valence-electron chi connectivity index (χ2n) is 6.94. The van der Waals surface area contributed by atoms with Gasteiger partial charge in [-0.25, -0.2) is 4.79 Å². The Morgan fingerprint density at radius 1 is 1.20 bits per heavy atom. The Morgan fingerprint density at radius 2 is 1.92 bits per heavy atom. The summed E-state index contributed by atoms with van der Waals surface area (Å²) in [6, 6.07) is 8.83. The van der Waals surface area contributed by atoms with Gasteiger partial charge in [-0.1, -0.05) is 30.3 Å². The molecule has 1 heterocycles. The molecule has 2 N–H and O–H groups in total. The number of hydrogen-bond donors (Lipinski definition) is 2. The Morgan fingerprint density at radius 3 is 2.56 bits per heavy atom. The van der Waals surface area contributed by atoms with Crippen LogP contribution in [0.25, 0.3) is 0 Å². The predicted octanol–water partition coefficient (Wildman–Crippen LogP) is 2.06. The molecule has 1 aromatic carbocycles. The second kappa shape index (κ2) is 8.34. The van der Waals surface area contributed by atoms with Crippen molar-refractivity contribution in [1.29, 1.82) is 0 Å². The molecule has 2 aliphatic rings. The lowest BCUT2D eigenvalue weighted by molar-refractivity contribution is -0.133. The molecule has 1 saturated carbocycles. The quantitative estimate of drug-likeness (QED) is 0.855. The van der Waals surface area contributed by atoms with E-state index < -0.39 is 12.1 Å². The summed E-state index contributed by atoms with van der Waals surface area (Å²) in [6.45, 7) is 1.65. The lowest BCUT2D eigenvalue weighted by Crippen LogP contribution is -2.51. The van der Waals surface area contributed by atoms with Crippen molar-refractivity contribution in [3.8, 4) is 0 Å². The van der Waals surface area contributed by atoms with Crippen LogP contribution < -0.4 is 5.32 Å². The van der Waals surface area contributed by atoms with E-state index in [-0.39, 0.29) is 24.5 Å². The number of nitrogens with zero attached hydrogens (tertiary/aromatic N) is 1. The summed E-state index contributed by atoms with van der Waals surface area (Å²) in [5, 5.41) is 12.6. The molecular weight excluding hydrogens is 320 g/mol. The Bertz CT molecular complexity index is 586. The predicted molar refractivity (Wildman–Crippen MR) is 92.7 cm³/mol. The molecule has 0 aromatic heterocycles. The van der Waals surface area contributed by atoms with Gasteiger partial charge in [0.25, 0.3) is 0 Å². The van der Waals surface area contributed by atoms with Gasteiger partial charge in [-0.15, -0.1) is 0 Å². The first-order valence-electron chi connectivity index (χ1n) is 9.07. The zero-order valence-electron chi connectivity index (χ0n) is 14.4. The number of aliphatic hydroxyl groups is 1. The van der Waals surface area contributed by atoms with Crippen LogP contribution in [0.4, 0.5) is 4.79 Å². The molecule has 25 heavy (non-hydrogen) atoms. The van der Waals surface area contributed by atoms with Crippen molar-refractivity contribution in [1.82, 2.24) is 10.2 Å². The van der Waals surface area contributed by atoms with E-state index in [1.165, 1.54) is 0 Å². The van der Waals surface area contributed by atoms with Crippen molar-refractivity contribution in [2.75, 3.05) is 13.1 Å². The highest BCUT2D eigenvalue weighted by Gasteiger charge is 2.38. The van der Waals surface area contributed by atoms with Crippen LogP contribution in [0.1, 0.15) is 37.7 Å². The Hall–Kier alpha value is -2.08. The van der Waals surface area contributed by atoms with Crippen LogP contribution in [0, 0.1) is 5.92 Å². The van der Waals surface area contributed by atoms with Crippen molar-refractivity contribution < 1.29 is 19.4 Å². The Labute approximate surface area is 148 Å². The van der Waals surface area contributed by atoms with Gasteiger partial charge in [0, 0.05) is 13.1 Å². The average Bonchev–Trinajstić information content (AvgIpc) is 3.30. The maximum Gasteiger partial charge on any atom is 0.408 e. The number of amides is 2. The zero-order valence-corrected chi connectivity index (χ0v) is 14.4. The Balaban J connectivity index is 1.60. The van der Waals surface area contributed by atoms with Crippen LogP contribution in [0.3, 0.4) is 0 Å². The number of likely N-dealkylation sites (tertiary alicyclic amines) is 1. The molecule has 3 rings (SSSR count). The fraction of sp³-hybridized carbons (Fsp3) is 0.579. The molecule has 3 atom stereocenters. The standard InChI is InChI=1S/C19H26N2O4/c22-16-9-8-15(12-16)17(18(23)21-10-4-5-11-21)20-19(24)25-13-14-6-2-1-3-7-14/h1-3,6-7,15-17,22H,4-5,8-13H2,(H,20,24)/t15-,16-,17+/m1/s1. The molecule has 2 amide bonds. The fourth-order valence-electron chi connectivity index (χ4n) is 3.70. The molecule has 6 heteroatoms. The van der Waals surface area contributed by atoms with Gasteiger partial charge in [-0.2, -0.15) is 0 Å². The van der Waals surface area contributed by atoms with E-state index in [0.717, 1.165) is 37.9 Å². The maximum absolute atomic E-state index is 12.8. The highest BCUT2D eigenvalue weighted by molar-refractivity contribution is 5.86. The van der Waals surface area contributed by atoms with Gasteiger partial charge in [-0.3, -0.25) is 4.79 Å². The summed E-state index contributed by atoms with van der Waals surface area (Å²) in [5.74, 6) is -0.0827. The lowest BCUT2D eigenvalue weighted by Gasteiger charge is -2.28. The highest BCUT2D eigenvalue weighted by atomic mass is 16.5. The van der Waals surface area contributed by atoms with E-state index in [0.29, 0.717) is 12.8 Å². The third-order valence-electron chi connectivity index (χ3n) is 5.09. The van der Waals surface area contributed by atoms with E-state index in [1.807, 2.05) is 35.2 Å². The smallest absolute Gasteiger partial charge is 0.408 e. The molecule has 0 radical (unpaired) electrons. The number of carbonyl (C=O) groups excluding carboxylic acids is 2. The van der Waals surface area contributed by atoms with E-state index >= 15 is 0 Å². The fourth-order valence-corrected chi connectivity index (χ4v) is 3.70. The first-order chi connectivity index (χ1) is 12.1. The number of hydrogen-bond acceptors (Lipinski definition) is 4. The number of rotatable bonds is 5. The van der Waals surface area contributed by atoms with Crippen molar-refractivity contribution >= 4 is 12.0 Å². The lowest BCUT2D eigenvalue weighted by atomic mass is 9.97. The minimum absolute atomic E-state index is 0.0348. The van der Waals surface area contributed by atoms with Crippen LogP contribution in [-0.4, -0.2) is 47.2 Å². The summed E-state index contributed by atoms with van der Waals surface area (Å²) in [5.41, 5.74) is 0.899. The molecule has 136 valence electrons. The molecular formula is C19H26N2O4. The van der Waals surface area contributed by atoms with Crippen LogP contribution in [0.2, 0.25) is 0 Å². The third kappa shape index (κ3) is 4.72. The van der Waals surface area contributed by atoms with Gasteiger partial charge in [-0.05, 0) is 43.6 Å². The number of aliphatic hydroxyl groups excluding tert-OH is 1. The molecule has 2 fully saturated rings. The van der Waals surface area contributed by atoms with E-state index in [4.69, 9.17) is 4.74 Å². The number of benzene rings is 1. The van der Waals surface area contributed by atoms with Gasteiger partial charge in [0.2, 0.25) is 5.91 Å². The van der Waals surface area contributed by atoms with Gasteiger partial charge in [0.05, 0.1) is 6.10 Å². The molecule has 0 unspecified atom stereocenters. The first-order valence-corrected chi connectivity index (χ1v) is 9.07. The zero-order chi connectivity index (χ0) is 17.6. The number of ether oxygens (including phenoxy) is 1. The monoisotopic (exact) mass is 346 g/mol. The minimum atomic E-state index is -0.612. The van der Waals surface area contributed by atoms with E-state index in [9.17, 15) is 14.7 Å². The number of nitrogens with one attached hydrogen (secondary N) is 1. The third-order valence-corrected chi connectivity index (χ3v) is 5.09. The van der Waals surface area contributed by atoms with Crippen LogP contribution in [0.15, 0.2) is 30.3 Å². The normalized spacial score (nSPS) is 24.1. The Kier molecular flexibility index (Phi) is 5.91. The van der Waals surface area contributed by atoms with Crippen LogP contribution in [0.5, 0.6) is 0 Å². The van der Waals surface area contributed by atoms with Gasteiger partial charge < -0.3 is 20.1 Å². The minimum Gasteiger partial charge on any atom is -0.445 e. The van der Waals surface area contributed by atoms with Crippen molar-refractivity contribution in [3.05, 3.63) is 35.9 Å². The molecule has 1 saturated heterocycles. The van der Waals surface area contributed by atoms with Gasteiger partial charge in [0.15, 0.2) is 0 Å². The highest BCUT2D eigenvalue weighted by Crippen LogP contribution is 2.29. The van der Waals surface area contributed by atoms with Gasteiger partial charge >= 0.3 is 6.09 Å². The van der Waals surface area contributed by atoms with E-state index in [1.54, 1.807) is 0 Å². The molecule has 1 aliphatic carbocycles. The van der Waals surface area contributed by atoms with Gasteiger partial charge in [0.1, 0.15) is 12.6 Å².